The minimum absolute atomic E-state index is 0.885. The summed E-state index contributed by atoms with van der Waals surface area (Å²) >= 11 is 0. The minimum atomic E-state index is 0.885. The van der Waals surface area contributed by atoms with Gasteiger partial charge in [-0.3, -0.25) is 0 Å². The predicted octanol–water partition coefficient (Wildman–Crippen LogP) is 14.6. The first kappa shape index (κ1) is 31.2. The van der Waals surface area contributed by atoms with Gasteiger partial charge in [-0.1, -0.05) is 140 Å². The largest absolute Gasteiger partial charge is 0.456 e. The van der Waals surface area contributed by atoms with Crippen molar-refractivity contribution in [3.8, 4) is 27.9 Å². The Labute approximate surface area is 318 Å². The third kappa shape index (κ3) is 5.20. The average Bonchev–Trinajstić information content (AvgIpc) is 3.81. The second kappa shape index (κ2) is 12.6. The fraction of sp³-hybridized carbons (Fsp3) is 0. The highest BCUT2D eigenvalue weighted by atomic mass is 16.3. The zero-order valence-electron chi connectivity index (χ0n) is 29.9. The van der Waals surface area contributed by atoms with Crippen molar-refractivity contribution < 1.29 is 4.42 Å². The Hall–Kier alpha value is -7.36. The van der Waals surface area contributed by atoms with Crippen LogP contribution in [0.2, 0.25) is 0 Å². The van der Waals surface area contributed by atoms with Crippen LogP contribution in [0.5, 0.6) is 0 Å². The molecule has 0 aliphatic rings. The maximum absolute atomic E-state index is 6.21. The maximum atomic E-state index is 6.21. The molecular weight excluding hydrogens is 669 g/mol. The van der Waals surface area contributed by atoms with Crippen LogP contribution in [0.3, 0.4) is 0 Å². The van der Waals surface area contributed by atoms with E-state index in [-0.39, 0.29) is 0 Å². The Balaban J connectivity index is 1.02. The molecular formula is C52H34N2O. The normalized spacial score (nSPS) is 11.6. The highest BCUT2D eigenvalue weighted by Gasteiger charge is 2.18. The van der Waals surface area contributed by atoms with Gasteiger partial charge < -0.3 is 13.9 Å². The number of para-hydroxylation sites is 2. The molecule has 0 aliphatic carbocycles. The maximum Gasteiger partial charge on any atom is 0.135 e. The summed E-state index contributed by atoms with van der Waals surface area (Å²) in [5.41, 5.74) is 13.3. The molecule has 0 bridgehead atoms. The van der Waals surface area contributed by atoms with E-state index in [1.807, 2.05) is 12.1 Å². The lowest BCUT2D eigenvalue weighted by Gasteiger charge is -2.26. The number of hydrogen-bond acceptors (Lipinski definition) is 2. The quantitative estimate of drug-likeness (QED) is 0.172. The standard InChI is InChI=1S/C52H34N2O/c1-2-11-35(12-3-1)36-21-26-40(27-22-36)53(43-30-32-51-48(34-43)46-18-7-9-20-50(46)55-51)41-28-23-37(24-29-41)39-14-10-15-42(33-39)54-49-19-8-6-17-45(49)47-31-25-38-13-4-5-16-44(38)52(47)54/h1-34H. The van der Waals surface area contributed by atoms with E-state index in [0.29, 0.717) is 0 Å². The summed E-state index contributed by atoms with van der Waals surface area (Å²) in [5.74, 6) is 0. The Bertz CT molecular complexity index is 3190. The Morgan fingerprint density at radius 1 is 0.345 bits per heavy atom. The van der Waals surface area contributed by atoms with Gasteiger partial charge in [-0.25, -0.2) is 0 Å². The van der Waals surface area contributed by atoms with Crippen LogP contribution in [0.15, 0.2) is 211 Å². The number of anilines is 3. The van der Waals surface area contributed by atoms with E-state index in [1.165, 1.54) is 49.3 Å². The van der Waals surface area contributed by atoms with Crippen LogP contribution in [0.25, 0.3) is 82.5 Å². The Morgan fingerprint density at radius 2 is 0.945 bits per heavy atom. The van der Waals surface area contributed by atoms with Gasteiger partial charge in [0.25, 0.3) is 0 Å². The molecule has 11 aromatic rings. The van der Waals surface area contributed by atoms with Crippen LogP contribution in [0.4, 0.5) is 17.1 Å². The lowest BCUT2D eigenvalue weighted by atomic mass is 10.0. The first-order valence-corrected chi connectivity index (χ1v) is 18.8. The number of hydrogen-bond donors (Lipinski definition) is 0. The SMILES string of the molecule is c1ccc(-c2ccc(N(c3ccc(-c4cccc(-n5c6ccccc6c6ccc7ccccc7c65)c4)cc3)c3ccc4oc5ccccc5c4c3)cc2)cc1. The molecule has 3 heteroatoms. The molecule has 11 rings (SSSR count). The van der Waals surface area contributed by atoms with Gasteiger partial charge in [0.1, 0.15) is 11.2 Å². The lowest BCUT2D eigenvalue weighted by Crippen LogP contribution is -2.09. The molecule has 9 aromatic carbocycles. The number of aromatic nitrogens is 1. The molecule has 0 amide bonds. The number of benzene rings is 9. The second-order valence-corrected chi connectivity index (χ2v) is 14.2. The van der Waals surface area contributed by atoms with Crippen LogP contribution in [0, 0.1) is 0 Å². The molecule has 0 atom stereocenters. The summed E-state index contributed by atoms with van der Waals surface area (Å²) in [6.07, 6.45) is 0. The van der Waals surface area contributed by atoms with Gasteiger partial charge in [0.15, 0.2) is 0 Å². The molecule has 55 heavy (non-hydrogen) atoms. The first-order chi connectivity index (χ1) is 27.3. The Morgan fingerprint density at radius 3 is 1.75 bits per heavy atom. The van der Waals surface area contributed by atoms with Gasteiger partial charge in [0, 0.05) is 49.7 Å². The van der Waals surface area contributed by atoms with E-state index < -0.39 is 0 Å². The van der Waals surface area contributed by atoms with E-state index in [0.717, 1.165) is 50.3 Å². The van der Waals surface area contributed by atoms with Crippen molar-refractivity contribution in [1.29, 1.82) is 0 Å². The summed E-state index contributed by atoms with van der Waals surface area (Å²) in [7, 11) is 0. The third-order valence-corrected chi connectivity index (χ3v) is 11.0. The van der Waals surface area contributed by atoms with E-state index in [1.54, 1.807) is 0 Å². The first-order valence-electron chi connectivity index (χ1n) is 18.8. The van der Waals surface area contributed by atoms with Gasteiger partial charge in [0.05, 0.1) is 11.0 Å². The molecule has 0 fully saturated rings. The van der Waals surface area contributed by atoms with Crippen molar-refractivity contribution in [3.63, 3.8) is 0 Å². The number of rotatable bonds is 6. The third-order valence-electron chi connectivity index (χ3n) is 11.0. The van der Waals surface area contributed by atoms with E-state index in [4.69, 9.17) is 4.42 Å². The van der Waals surface area contributed by atoms with Crippen molar-refractivity contribution in [1.82, 2.24) is 4.57 Å². The van der Waals surface area contributed by atoms with Crippen molar-refractivity contribution in [2.45, 2.75) is 0 Å². The monoisotopic (exact) mass is 702 g/mol. The molecule has 0 saturated carbocycles. The highest BCUT2D eigenvalue weighted by molar-refractivity contribution is 6.18. The topological polar surface area (TPSA) is 21.3 Å². The molecule has 3 nitrogen and oxygen atoms in total. The van der Waals surface area contributed by atoms with Crippen LogP contribution in [0.1, 0.15) is 0 Å². The average molecular weight is 703 g/mol. The number of nitrogens with zero attached hydrogens (tertiary/aromatic N) is 2. The van der Waals surface area contributed by atoms with Crippen molar-refractivity contribution in [3.05, 3.63) is 206 Å². The van der Waals surface area contributed by atoms with Gasteiger partial charge >= 0.3 is 0 Å². The number of fused-ring (bicyclic) bond motifs is 8. The fourth-order valence-electron chi connectivity index (χ4n) is 8.36. The van der Waals surface area contributed by atoms with Gasteiger partial charge in [-0.15, -0.1) is 0 Å². The zero-order valence-corrected chi connectivity index (χ0v) is 29.9. The van der Waals surface area contributed by atoms with Gasteiger partial charge in [0.2, 0.25) is 0 Å². The zero-order chi connectivity index (χ0) is 36.3. The van der Waals surface area contributed by atoms with Crippen molar-refractivity contribution in [2.24, 2.45) is 0 Å². The van der Waals surface area contributed by atoms with Crippen molar-refractivity contribution >= 4 is 71.6 Å². The van der Waals surface area contributed by atoms with Crippen LogP contribution in [-0.2, 0) is 0 Å². The fourth-order valence-corrected chi connectivity index (χ4v) is 8.36. The molecule has 0 radical (unpaired) electrons. The number of furan rings is 1. The molecule has 2 heterocycles. The van der Waals surface area contributed by atoms with Gasteiger partial charge in [-0.05, 0) is 94.4 Å². The molecule has 0 aliphatic heterocycles. The van der Waals surface area contributed by atoms with Crippen LogP contribution >= 0.6 is 0 Å². The van der Waals surface area contributed by atoms with Crippen molar-refractivity contribution in [2.75, 3.05) is 4.90 Å². The molecule has 0 N–H and O–H groups in total. The van der Waals surface area contributed by atoms with Gasteiger partial charge in [-0.2, -0.15) is 0 Å². The molecule has 0 saturated heterocycles. The second-order valence-electron chi connectivity index (χ2n) is 14.2. The minimum Gasteiger partial charge on any atom is -0.456 e. The molecule has 2 aromatic heterocycles. The summed E-state index contributed by atoms with van der Waals surface area (Å²) in [4.78, 5) is 2.33. The van der Waals surface area contributed by atoms with E-state index in [2.05, 4.69) is 204 Å². The summed E-state index contributed by atoms with van der Waals surface area (Å²) in [6, 6.07) is 74.0. The van der Waals surface area contributed by atoms with E-state index in [9.17, 15) is 0 Å². The lowest BCUT2D eigenvalue weighted by molar-refractivity contribution is 0.669. The predicted molar refractivity (Wildman–Crippen MR) is 231 cm³/mol. The van der Waals surface area contributed by atoms with Crippen LogP contribution in [-0.4, -0.2) is 4.57 Å². The highest BCUT2D eigenvalue weighted by Crippen LogP contribution is 2.41. The van der Waals surface area contributed by atoms with E-state index >= 15 is 0 Å². The molecule has 0 spiro atoms. The molecule has 258 valence electrons. The Kier molecular flexibility index (Phi) is 7.17. The summed E-state index contributed by atoms with van der Waals surface area (Å²) in [5, 5.41) is 7.24. The smallest absolute Gasteiger partial charge is 0.135 e. The summed E-state index contributed by atoms with van der Waals surface area (Å²) in [6.45, 7) is 0. The molecule has 0 unspecified atom stereocenters. The summed E-state index contributed by atoms with van der Waals surface area (Å²) < 4.78 is 8.64. The van der Waals surface area contributed by atoms with Crippen LogP contribution < -0.4 is 4.90 Å².